The van der Waals surface area contributed by atoms with Crippen LogP contribution >= 0.6 is 12.4 Å². The molecule has 1 heterocycles. The lowest BCUT2D eigenvalue weighted by molar-refractivity contribution is -0.385. The van der Waals surface area contributed by atoms with Gasteiger partial charge in [-0.1, -0.05) is 24.6 Å². The van der Waals surface area contributed by atoms with E-state index in [9.17, 15) is 14.9 Å². The van der Waals surface area contributed by atoms with Gasteiger partial charge in [-0.15, -0.1) is 12.4 Å². The number of likely N-dealkylation sites (N-methyl/N-ethyl adjacent to an activating group) is 1. The first-order chi connectivity index (χ1) is 9.59. The molecule has 1 saturated heterocycles. The third kappa shape index (κ3) is 4.41. The molecule has 21 heavy (non-hydrogen) atoms. The number of carbonyl (C=O) groups excluding carboxylic acids is 1. The summed E-state index contributed by atoms with van der Waals surface area (Å²) >= 11 is 0. The number of piperidine rings is 1. The number of nitrogens with zero attached hydrogens (tertiary/aromatic N) is 2. The highest BCUT2D eigenvalue weighted by atomic mass is 35.5. The lowest BCUT2D eigenvalue weighted by Crippen LogP contribution is -2.47. The van der Waals surface area contributed by atoms with Crippen LogP contribution in [0.5, 0.6) is 0 Å². The van der Waals surface area contributed by atoms with Gasteiger partial charge in [-0.25, -0.2) is 0 Å². The van der Waals surface area contributed by atoms with E-state index in [4.69, 9.17) is 0 Å². The standard InChI is InChI=1S/C14H19N3O3.ClH/c1-16(14(18)12-7-4-5-9-15-12)10-11-6-2-3-8-13(11)17(19)20;/h2-3,6,8,12,15H,4-5,7,9-10H2,1H3;1H/t12-;/m0./s1. The van der Waals surface area contributed by atoms with Crippen LogP contribution in [0.25, 0.3) is 0 Å². The summed E-state index contributed by atoms with van der Waals surface area (Å²) in [5.41, 5.74) is 0.618. The van der Waals surface area contributed by atoms with Gasteiger partial charge in [-0.05, 0) is 19.4 Å². The van der Waals surface area contributed by atoms with Crippen LogP contribution in [-0.4, -0.2) is 35.4 Å². The molecule has 1 N–H and O–H groups in total. The van der Waals surface area contributed by atoms with Crippen molar-refractivity contribution >= 4 is 24.0 Å². The Hall–Kier alpha value is -1.66. The van der Waals surface area contributed by atoms with Crippen molar-refractivity contribution in [2.24, 2.45) is 0 Å². The van der Waals surface area contributed by atoms with Crippen molar-refractivity contribution in [1.29, 1.82) is 0 Å². The minimum atomic E-state index is -0.410. The van der Waals surface area contributed by atoms with Gasteiger partial charge in [-0.3, -0.25) is 14.9 Å². The molecule has 1 fully saturated rings. The maximum atomic E-state index is 12.3. The van der Waals surface area contributed by atoms with E-state index in [1.54, 1.807) is 30.1 Å². The molecule has 1 atom stereocenters. The number of rotatable bonds is 4. The molecule has 1 aromatic carbocycles. The van der Waals surface area contributed by atoms with Crippen LogP contribution in [0.1, 0.15) is 24.8 Å². The summed E-state index contributed by atoms with van der Waals surface area (Å²) < 4.78 is 0. The minimum Gasteiger partial charge on any atom is -0.340 e. The zero-order chi connectivity index (χ0) is 14.5. The highest BCUT2D eigenvalue weighted by Crippen LogP contribution is 2.20. The van der Waals surface area contributed by atoms with Gasteiger partial charge >= 0.3 is 0 Å². The second kappa shape index (κ2) is 7.95. The van der Waals surface area contributed by atoms with Crippen LogP contribution in [0, 0.1) is 10.1 Å². The molecule has 0 aliphatic carbocycles. The Morgan fingerprint density at radius 3 is 2.76 bits per heavy atom. The molecule has 1 amide bonds. The molecule has 1 aromatic rings. The maximum Gasteiger partial charge on any atom is 0.274 e. The molecule has 0 aromatic heterocycles. The highest BCUT2D eigenvalue weighted by Gasteiger charge is 2.25. The number of hydrogen-bond donors (Lipinski definition) is 1. The van der Waals surface area contributed by atoms with Crippen LogP contribution in [-0.2, 0) is 11.3 Å². The van der Waals surface area contributed by atoms with Gasteiger partial charge in [0, 0.05) is 18.7 Å². The first kappa shape index (κ1) is 17.4. The Morgan fingerprint density at radius 2 is 2.14 bits per heavy atom. The number of nitro groups is 1. The van der Waals surface area contributed by atoms with Crippen LogP contribution < -0.4 is 5.32 Å². The monoisotopic (exact) mass is 313 g/mol. The largest absolute Gasteiger partial charge is 0.340 e. The van der Waals surface area contributed by atoms with Gasteiger partial charge in [0.25, 0.3) is 5.69 Å². The van der Waals surface area contributed by atoms with E-state index < -0.39 is 4.92 Å². The number of nitrogens with one attached hydrogen (secondary N) is 1. The lowest BCUT2D eigenvalue weighted by Gasteiger charge is -2.27. The van der Waals surface area contributed by atoms with Crippen LogP contribution in [0.2, 0.25) is 0 Å². The molecule has 6 nitrogen and oxygen atoms in total. The van der Waals surface area contributed by atoms with Gasteiger partial charge in [0.2, 0.25) is 5.91 Å². The fourth-order valence-electron chi connectivity index (χ4n) is 2.48. The highest BCUT2D eigenvalue weighted by molar-refractivity contribution is 5.85. The number of carbonyl (C=O) groups is 1. The van der Waals surface area contributed by atoms with E-state index in [-0.39, 0.29) is 36.6 Å². The SMILES string of the molecule is CN(Cc1ccccc1[N+](=O)[O-])C(=O)[C@@H]1CCCCN1.Cl. The number of para-hydroxylation sites is 1. The molecular weight excluding hydrogens is 294 g/mol. The number of nitro benzene ring substituents is 1. The van der Waals surface area contributed by atoms with Crippen molar-refractivity contribution in [3.63, 3.8) is 0 Å². The van der Waals surface area contributed by atoms with Gasteiger partial charge in [-0.2, -0.15) is 0 Å². The third-order valence-electron chi connectivity index (χ3n) is 3.58. The average Bonchev–Trinajstić information content (AvgIpc) is 2.47. The summed E-state index contributed by atoms with van der Waals surface area (Å²) in [6.07, 6.45) is 2.97. The second-order valence-electron chi connectivity index (χ2n) is 5.08. The van der Waals surface area contributed by atoms with Gasteiger partial charge in [0.1, 0.15) is 0 Å². The summed E-state index contributed by atoms with van der Waals surface area (Å²) in [5.74, 6) is 0.00264. The predicted molar refractivity (Wildman–Crippen MR) is 82.5 cm³/mol. The van der Waals surface area contributed by atoms with Crippen LogP contribution in [0.3, 0.4) is 0 Å². The van der Waals surface area contributed by atoms with E-state index in [1.165, 1.54) is 6.07 Å². The zero-order valence-electron chi connectivity index (χ0n) is 11.9. The summed E-state index contributed by atoms with van der Waals surface area (Å²) in [6.45, 7) is 1.11. The van der Waals surface area contributed by atoms with Gasteiger partial charge in [0.15, 0.2) is 0 Å². The second-order valence-corrected chi connectivity index (χ2v) is 5.08. The van der Waals surface area contributed by atoms with Crippen molar-refractivity contribution in [2.75, 3.05) is 13.6 Å². The van der Waals surface area contributed by atoms with E-state index in [0.29, 0.717) is 5.56 Å². The molecule has 0 unspecified atom stereocenters. The van der Waals surface area contributed by atoms with Crippen molar-refractivity contribution in [1.82, 2.24) is 10.2 Å². The van der Waals surface area contributed by atoms with Crippen LogP contribution in [0.4, 0.5) is 5.69 Å². The summed E-state index contributed by atoms with van der Waals surface area (Å²) in [7, 11) is 1.69. The van der Waals surface area contributed by atoms with Gasteiger partial charge < -0.3 is 10.2 Å². The Bertz CT molecular complexity index is 504. The first-order valence-corrected chi connectivity index (χ1v) is 6.80. The number of amides is 1. The van der Waals surface area contributed by atoms with E-state index in [2.05, 4.69) is 5.32 Å². The molecule has 7 heteroatoms. The molecule has 0 radical (unpaired) electrons. The average molecular weight is 314 g/mol. The molecule has 116 valence electrons. The first-order valence-electron chi connectivity index (χ1n) is 6.80. The zero-order valence-corrected chi connectivity index (χ0v) is 12.8. The van der Waals surface area contributed by atoms with Crippen molar-refractivity contribution < 1.29 is 9.72 Å². The Morgan fingerprint density at radius 1 is 1.43 bits per heavy atom. The topological polar surface area (TPSA) is 75.5 Å². The smallest absolute Gasteiger partial charge is 0.274 e. The van der Waals surface area contributed by atoms with E-state index in [1.807, 2.05) is 0 Å². The van der Waals surface area contributed by atoms with Gasteiger partial charge in [0.05, 0.1) is 17.5 Å². The molecular formula is C14H20ClN3O3. The van der Waals surface area contributed by atoms with Crippen LogP contribution in [0.15, 0.2) is 24.3 Å². The molecule has 1 aliphatic heterocycles. The quantitative estimate of drug-likeness (QED) is 0.682. The predicted octanol–water partition coefficient (Wildman–Crippen LogP) is 2.12. The van der Waals surface area contributed by atoms with Crippen molar-refractivity contribution in [2.45, 2.75) is 31.8 Å². The molecule has 2 rings (SSSR count). The summed E-state index contributed by atoms with van der Waals surface area (Å²) in [4.78, 5) is 24.4. The third-order valence-corrected chi connectivity index (χ3v) is 3.58. The maximum absolute atomic E-state index is 12.3. The molecule has 0 bridgehead atoms. The Kier molecular flexibility index (Phi) is 6.58. The fraction of sp³-hybridized carbons (Fsp3) is 0.500. The lowest BCUT2D eigenvalue weighted by atomic mass is 10.0. The fourth-order valence-corrected chi connectivity index (χ4v) is 2.48. The Labute approximate surface area is 130 Å². The number of benzene rings is 1. The minimum absolute atomic E-state index is 0. The summed E-state index contributed by atoms with van der Waals surface area (Å²) in [5, 5.41) is 14.2. The number of hydrogen-bond acceptors (Lipinski definition) is 4. The molecule has 0 spiro atoms. The van der Waals surface area contributed by atoms with Crippen molar-refractivity contribution in [3.05, 3.63) is 39.9 Å². The molecule has 1 aliphatic rings. The van der Waals surface area contributed by atoms with Crippen molar-refractivity contribution in [3.8, 4) is 0 Å². The molecule has 0 saturated carbocycles. The summed E-state index contributed by atoms with van der Waals surface area (Å²) in [6, 6.07) is 6.38. The number of halogens is 1. The normalized spacial score (nSPS) is 17.7. The van der Waals surface area contributed by atoms with E-state index >= 15 is 0 Å². The Balaban J connectivity index is 0.00000220. The van der Waals surface area contributed by atoms with E-state index in [0.717, 1.165) is 25.8 Å².